The van der Waals surface area contributed by atoms with E-state index in [0.29, 0.717) is 30.3 Å². The molecule has 35 heavy (non-hydrogen) atoms. The van der Waals surface area contributed by atoms with Crippen molar-refractivity contribution in [3.63, 3.8) is 0 Å². The number of rotatable bonds is 5. The Hall–Kier alpha value is -4.03. The zero-order chi connectivity index (χ0) is 23.9. The Morgan fingerprint density at radius 3 is 2.77 bits per heavy atom. The minimum absolute atomic E-state index is 0.0955. The van der Waals surface area contributed by atoms with E-state index in [1.165, 1.54) is 0 Å². The van der Waals surface area contributed by atoms with Gasteiger partial charge in [-0.1, -0.05) is 36.4 Å². The Bertz CT molecular complexity index is 1480. The summed E-state index contributed by atoms with van der Waals surface area (Å²) in [6.45, 7) is 1.95. The van der Waals surface area contributed by atoms with Gasteiger partial charge in [0.05, 0.1) is 18.2 Å². The van der Waals surface area contributed by atoms with Gasteiger partial charge in [-0.3, -0.25) is 9.69 Å². The second-order valence-corrected chi connectivity index (χ2v) is 8.96. The number of allylic oxidation sites excluding steroid dienone is 1. The minimum atomic E-state index is -0.0955. The number of hydrogen-bond donors (Lipinski definition) is 0. The molecule has 0 unspecified atom stereocenters. The molecule has 6 nitrogen and oxygen atoms in total. The highest BCUT2D eigenvalue weighted by molar-refractivity contribution is 6.15. The number of carbonyl (C=O) groups is 1. The summed E-state index contributed by atoms with van der Waals surface area (Å²) in [5.74, 6) is 2.53. The maximum absolute atomic E-state index is 13.2. The van der Waals surface area contributed by atoms with Crippen LogP contribution < -0.4 is 14.2 Å². The first-order valence-electron chi connectivity index (χ1n) is 11.7. The first-order valence-corrected chi connectivity index (χ1v) is 11.7. The molecule has 0 fully saturated rings. The van der Waals surface area contributed by atoms with Crippen LogP contribution in [-0.4, -0.2) is 35.6 Å². The van der Waals surface area contributed by atoms with Crippen LogP contribution >= 0.6 is 0 Å². The number of benzene rings is 3. The van der Waals surface area contributed by atoms with E-state index in [4.69, 9.17) is 14.2 Å². The predicted molar refractivity (Wildman–Crippen MR) is 135 cm³/mol. The van der Waals surface area contributed by atoms with Crippen LogP contribution in [0.3, 0.4) is 0 Å². The molecule has 176 valence electrons. The van der Waals surface area contributed by atoms with Crippen molar-refractivity contribution >= 4 is 22.8 Å². The van der Waals surface area contributed by atoms with Crippen LogP contribution in [0.5, 0.6) is 17.2 Å². The molecular formula is C29H26N2O4. The maximum Gasteiger partial charge on any atom is 0.231 e. The van der Waals surface area contributed by atoms with E-state index in [0.717, 1.165) is 52.1 Å². The number of ether oxygens (including phenoxy) is 3. The number of ketones is 1. The fourth-order valence-electron chi connectivity index (χ4n) is 4.97. The van der Waals surface area contributed by atoms with Crippen LogP contribution in [0.15, 0.2) is 72.6 Å². The molecular weight excluding hydrogens is 440 g/mol. The first-order chi connectivity index (χ1) is 17.1. The van der Waals surface area contributed by atoms with Crippen LogP contribution in [-0.2, 0) is 20.0 Å². The average molecular weight is 467 g/mol. The number of nitrogens with zero attached hydrogens (tertiary/aromatic N) is 2. The van der Waals surface area contributed by atoms with Gasteiger partial charge in [0.2, 0.25) is 5.78 Å². The second-order valence-electron chi connectivity index (χ2n) is 8.96. The summed E-state index contributed by atoms with van der Waals surface area (Å²) in [6.07, 6.45) is 4.71. The fraction of sp³-hybridized carbons (Fsp3) is 0.207. The van der Waals surface area contributed by atoms with Gasteiger partial charge in [-0.05, 0) is 42.3 Å². The van der Waals surface area contributed by atoms with Gasteiger partial charge in [0, 0.05) is 42.8 Å². The number of aryl methyl sites for hydroxylation is 1. The molecule has 0 amide bonds. The summed E-state index contributed by atoms with van der Waals surface area (Å²) < 4.78 is 19.8. The molecule has 0 aliphatic carbocycles. The summed E-state index contributed by atoms with van der Waals surface area (Å²) >= 11 is 0. The zero-order valence-electron chi connectivity index (χ0n) is 19.8. The zero-order valence-corrected chi connectivity index (χ0v) is 19.8. The Morgan fingerprint density at radius 2 is 1.89 bits per heavy atom. The molecule has 0 radical (unpaired) electrons. The van der Waals surface area contributed by atoms with E-state index in [-0.39, 0.29) is 5.78 Å². The van der Waals surface area contributed by atoms with Crippen molar-refractivity contribution < 1.29 is 19.0 Å². The lowest BCUT2D eigenvalue weighted by molar-refractivity contribution is 0.0948. The topological polar surface area (TPSA) is 52.9 Å². The first kappa shape index (κ1) is 21.5. The van der Waals surface area contributed by atoms with Crippen molar-refractivity contribution in [3.8, 4) is 17.2 Å². The van der Waals surface area contributed by atoms with Crippen molar-refractivity contribution in [2.24, 2.45) is 7.05 Å². The van der Waals surface area contributed by atoms with E-state index < -0.39 is 0 Å². The molecule has 3 aromatic carbocycles. The summed E-state index contributed by atoms with van der Waals surface area (Å²) in [7, 11) is 3.70. The van der Waals surface area contributed by atoms with Gasteiger partial charge in [0.15, 0.2) is 5.76 Å². The number of aromatic nitrogens is 1. The largest absolute Gasteiger partial charge is 0.496 e. The molecule has 6 heteroatoms. The maximum atomic E-state index is 13.2. The lowest BCUT2D eigenvalue weighted by Crippen LogP contribution is -2.33. The molecule has 0 saturated carbocycles. The van der Waals surface area contributed by atoms with Gasteiger partial charge in [-0.25, -0.2) is 0 Å². The molecule has 0 spiro atoms. The predicted octanol–water partition coefficient (Wildman–Crippen LogP) is 5.20. The van der Waals surface area contributed by atoms with Crippen molar-refractivity contribution in [3.05, 3.63) is 94.9 Å². The van der Waals surface area contributed by atoms with Crippen molar-refractivity contribution in [2.75, 3.05) is 20.4 Å². The highest BCUT2D eigenvalue weighted by Gasteiger charge is 2.33. The third-order valence-corrected chi connectivity index (χ3v) is 6.79. The Balaban J connectivity index is 1.26. The SMILES string of the molecule is COc1ccccc1CCN1COc2ccc3c(c2C1)O/C(=C\c1cn(C)c2ccccc12)C3=O. The van der Waals surface area contributed by atoms with Crippen molar-refractivity contribution in [1.29, 1.82) is 0 Å². The third kappa shape index (κ3) is 3.76. The summed E-state index contributed by atoms with van der Waals surface area (Å²) in [4.78, 5) is 15.4. The second kappa shape index (κ2) is 8.64. The van der Waals surface area contributed by atoms with Crippen molar-refractivity contribution in [2.45, 2.75) is 13.0 Å². The van der Waals surface area contributed by atoms with Crippen LogP contribution in [0.2, 0.25) is 0 Å². The van der Waals surface area contributed by atoms with E-state index in [1.54, 1.807) is 7.11 Å². The van der Waals surface area contributed by atoms with Crippen LogP contribution in [0.25, 0.3) is 17.0 Å². The molecule has 0 N–H and O–H groups in total. The summed E-state index contributed by atoms with van der Waals surface area (Å²) in [5, 5.41) is 1.09. The Labute approximate surface area is 203 Å². The molecule has 2 aliphatic rings. The summed E-state index contributed by atoms with van der Waals surface area (Å²) in [5.41, 5.74) is 4.74. The highest BCUT2D eigenvalue weighted by Crippen LogP contribution is 2.42. The van der Waals surface area contributed by atoms with Crippen LogP contribution in [0.4, 0.5) is 0 Å². The number of Topliss-reactive ketones (excluding diaryl/α,β-unsaturated/α-hetero) is 1. The third-order valence-electron chi connectivity index (χ3n) is 6.79. The number of fused-ring (bicyclic) bond motifs is 4. The molecule has 0 atom stereocenters. The molecule has 0 bridgehead atoms. The quantitative estimate of drug-likeness (QED) is 0.379. The van der Waals surface area contributed by atoms with Gasteiger partial charge >= 0.3 is 0 Å². The molecule has 0 saturated heterocycles. The standard InChI is InChI=1S/C29H26N2O4/c1-30-16-20(21-8-4-5-9-24(21)30)15-27-28(32)22-11-12-26-23(29(22)35-27)17-31(18-34-26)14-13-19-7-3-6-10-25(19)33-2/h3-12,15-16H,13-14,17-18H2,1-2H3/b27-15-. The molecule has 3 heterocycles. The fourth-order valence-corrected chi connectivity index (χ4v) is 4.97. The van der Waals surface area contributed by atoms with Crippen LogP contribution in [0.1, 0.15) is 27.0 Å². The number of methoxy groups -OCH3 is 1. The van der Waals surface area contributed by atoms with E-state index in [1.807, 2.05) is 61.8 Å². The number of para-hydroxylation sites is 2. The van der Waals surface area contributed by atoms with Gasteiger partial charge in [0.25, 0.3) is 0 Å². The number of hydrogen-bond acceptors (Lipinski definition) is 5. The van der Waals surface area contributed by atoms with E-state index in [9.17, 15) is 4.79 Å². The van der Waals surface area contributed by atoms with Gasteiger partial charge < -0.3 is 18.8 Å². The Morgan fingerprint density at radius 1 is 1.06 bits per heavy atom. The molecule has 4 aromatic rings. The number of carbonyl (C=O) groups excluding carboxylic acids is 1. The van der Waals surface area contributed by atoms with Crippen LogP contribution in [0, 0.1) is 0 Å². The summed E-state index contributed by atoms with van der Waals surface area (Å²) in [6, 6.07) is 19.9. The molecule has 2 aliphatic heterocycles. The Kier molecular flexibility index (Phi) is 5.30. The van der Waals surface area contributed by atoms with E-state index in [2.05, 4.69) is 27.7 Å². The minimum Gasteiger partial charge on any atom is -0.496 e. The van der Waals surface area contributed by atoms with E-state index >= 15 is 0 Å². The molecule has 6 rings (SSSR count). The lowest BCUT2D eigenvalue weighted by Gasteiger charge is -2.29. The lowest BCUT2D eigenvalue weighted by atomic mass is 10.0. The normalized spacial score (nSPS) is 16.2. The monoisotopic (exact) mass is 466 g/mol. The van der Waals surface area contributed by atoms with Gasteiger partial charge in [0.1, 0.15) is 24.0 Å². The highest BCUT2D eigenvalue weighted by atomic mass is 16.5. The van der Waals surface area contributed by atoms with Crippen molar-refractivity contribution in [1.82, 2.24) is 9.47 Å². The smallest absolute Gasteiger partial charge is 0.231 e. The average Bonchev–Trinajstić information content (AvgIpc) is 3.39. The van der Waals surface area contributed by atoms with Gasteiger partial charge in [-0.15, -0.1) is 0 Å². The van der Waals surface area contributed by atoms with Gasteiger partial charge in [-0.2, -0.15) is 0 Å². The molecule has 1 aromatic heterocycles.